The van der Waals surface area contributed by atoms with E-state index in [1.165, 1.54) is 4.90 Å². The molecule has 0 aliphatic rings. The van der Waals surface area contributed by atoms with Gasteiger partial charge in [0.05, 0.1) is 7.11 Å². The molecule has 0 saturated heterocycles. The van der Waals surface area contributed by atoms with E-state index >= 15 is 0 Å². The van der Waals surface area contributed by atoms with Gasteiger partial charge in [0.25, 0.3) is 0 Å². The van der Waals surface area contributed by atoms with Gasteiger partial charge in [0.15, 0.2) is 0 Å². The molecule has 0 amide bonds. The van der Waals surface area contributed by atoms with Crippen molar-refractivity contribution in [1.29, 1.82) is 0 Å². The van der Waals surface area contributed by atoms with E-state index in [0.717, 1.165) is 12.2 Å². The molecule has 0 aromatic heterocycles. The van der Waals surface area contributed by atoms with Gasteiger partial charge in [0, 0.05) is 10.6 Å². The van der Waals surface area contributed by atoms with Crippen molar-refractivity contribution < 1.29 is 4.74 Å². The monoisotopic (exact) mass is 181 g/mol. The SMILES string of the molecule is CC[CH]Sc1ccc(OC)cc1. The first-order valence-electron chi connectivity index (χ1n) is 3.99. The molecule has 0 bridgehead atoms. The molecular formula is C10H13OS. The first kappa shape index (κ1) is 9.46. The number of hydrogen-bond donors (Lipinski definition) is 0. The lowest BCUT2D eigenvalue weighted by Gasteiger charge is -2.01. The van der Waals surface area contributed by atoms with Crippen LogP contribution < -0.4 is 4.74 Å². The second-order valence-corrected chi connectivity index (χ2v) is 3.41. The van der Waals surface area contributed by atoms with Crippen molar-refractivity contribution in [2.45, 2.75) is 18.2 Å². The van der Waals surface area contributed by atoms with Crippen LogP contribution in [0, 0.1) is 5.75 Å². The molecule has 12 heavy (non-hydrogen) atoms. The van der Waals surface area contributed by atoms with E-state index in [9.17, 15) is 0 Å². The van der Waals surface area contributed by atoms with Crippen LogP contribution in [0.25, 0.3) is 0 Å². The molecule has 0 unspecified atom stereocenters. The highest BCUT2D eigenvalue weighted by Gasteiger charge is 1.93. The lowest BCUT2D eigenvalue weighted by atomic mass is 10.3. The third-order valence-corrected chi connectivity index (χ3v) is 2.49. The van der Waals surface area contributed by atoms with Crippen LogP contribution in [0.5, 0.6) is 5.75 Å². The van der Waals surface area contributed by atoms with Crippen molar-refractivity contribution in [3.8, 4) is 5.75 Å². The normalized spacial score (nSPS) is 9.83. The van der Waals surface area contributed by atoms with Gasteiger partial charge < -0.3 is 4.74 Å². The average Bonchev–Trinajstić information content (AvgIpc) is 2.15. The molecule has 65 valence electrons. The zero-order chi connectivity index (χ0) is 8.81. The maximum Gasteiger partial charge on any atom is 0.118 e. The van der Waals surface area contributed by atoms with Crippen LogP contribution in [-0.2, 0) is 0 Å². The number of benzene rings is 1. The molecule has 0 heterocycles. The standard InChI is InChI=1S/C10H13OS/c1-3-8-12-10-6-4-9(11-2)5-7-10/h4-8H,3H2,1-2H3. The van der Waals surface area contributed by atoms with Crippen LogP contribution in [0.2, 0.25) is 0 Å². The molecule has 0 saturated carbocycles. The van der Waals surface area contributed by atoms with Crippen LogP contribution in [-0.4, -0.2) is 7.11 Å². The number of hydrogen-bond acceptors (Lipinski definition) is 2. The topological polar surface area (TPSA) is 9.23 Å². The van der Waals surface area contributed by atoms with Crippen molar-refractivity contribution >= 4 is 11.8 Å². The summed E-state index contributed by atoms with van der Waals surface area (Å²) in [7, 11) is 1.68. The smallest absolute Gasteiger partial charge is 0.118 e. The second kappa shape index (κ2) is 5.09. The summed E-state index contributed by atoms with van der Waals surface area (Å²) < 4.78 is 5.05. The number of ether oxygens (including phenoxy) is 1. The lowest BCUT2D eigenvalue weighted by molar-refractivity contribution is 0.414. The van der Waals surface area contributed by atoms with Gasteiger partial charge in [-0.15, -0.1) is 11.8 Å². The fraction of sp³-hybridized carbons (Fsp3) is 0.300. The van der Waals surface area contributed by atoms with Crippen molar-refractivity contribution in [2.75, 3.05) is 7.11 Å². The minimum atomic E-state index is 0.913. The summed E-state index contributed by atoms with van der Waals surface area (Å²) in [5.41, 5.74) is 0. The Morgan fingerprint density at radius 2 is 2.00 bits per heavy atom. The number of rotatable bonds is 4. The number of methoxy groups -OCH3 is 1. The minimum Gasteiger partial charge on any atom is -0.497 e. The average molecular weight is 181 g/mol. The molecule has 1 aromatic carbocycles. The summed E-state index contributed by atoms with van der Waals surface area (Å²) >= 11 is 1.76. The molecule has 1 nitrogen and oxygen atoms in total. The van der Waals surface area contributed by atoms with Crippen molar-refractivity contribution in [1.82, 2.24) is 0 Å². The van der Waals surface area contributed by atoms with Crippen LogP contribution in [0.4, 0.5) is 0 Å². The van der Waals surface area contributed by atoms with Gasteiger partial charge in [0.1, 0.15) is 5.75 Å². The zero-order valence-corrected chi connectivity index (χ0v) is 8.23. The Kier molecular flexibility index (Phi) is 4.01. The molecule has 1 rings (SSSR count). The fourth-order valence-corrected chi connectivity index (χ4v) is 1.49. The number of thioether (sulfide) groups is 1. The third-order valence-electron chi connectivity index (χ3n) is 1.45. The fourth-order valence-electron chi connectivity index (χ4n) is 0.834. The van der Waals surface area contributed by atoms with Gasteiger partial charge in [-0.2, -0.15) is 0 Å². The molecule has 0 aliphatic heterocycles. The molecule has 2 heteroatoms. The molecule has 0 fully saturated rings. The Hall–Kier alpha value is -0.630. The van der Waals surface area contributed by atoms with E-state index in [2.05, 4.69) is 24.8 Å². The summed E-state index contributed by atoms with van der Waals surface area (Å²) in [6.07, 6.45) is 1.09. The molecule has 0 aliphatic carbocycles. The predicted molar refractivity (Wildman–Crippen MR) is 53.4 cm³/mol. The quantitative estimate of drug-likeness (QED) is 0.659. The molecular weight excluding hydrogens is 168 g/mol. The van der Waals surface area contributed by atoms with Crippen LogP contribution >= 0.6 is 11.8 Å². The lowest BCUT2D eigenvalue weighted by Crippen LogP contribution is -1.80. The Morgan fingerprint density at radius 3 is 2.50 bits per heavy atom. The Morgan fingerprint density at radius 1 is 1.33 bits per heavy atom. The summed E-state index contributed by atoms with van der Waals surface area (Å²) in [5, 5.41) is 0. The summed E-state index contributed by atoms with van der Waals surface area (Å²) in [6, 6.07) is 8.09. The zero-order valence-electron chi connectivity index (χ0n) is 7.41. The first-order valence-corrected chi connectivity index (χ1v) is 4.87. The molecule has 0 N–H and O–H groups in total. The highest BCUT2D eigenvalue weighted by molar-refractivity contribution is 8.01. The predicted octanol–water partition coefficient (Wildman–Crippen LogP) is 3.36. The highest BCUT2D eigenvalue weighted by Crippen LogP contribution is 2.23. The highest BCUT2D eigenvalue weighted by atomic mass is 32.2. The van der Waals surface area contributed by atoms with E-state index in [-0.39, 0.29) is 0 Å². The van der Waals surface area contributed by atoms with Gasteiger partial charge in [-0.25, -0.2) is 0 Å². The van der Waals surface area contributed by atoms with E-state index < -0.39 is 0 Å². The Balaban J connectivity index is 2.53. The van der Waals surface area contributed by atoms with Crippen LogP contribution in [0.1, 0.15) is 13.3 Å². The van der Waals surface area contributed by atoms with Gasteiger partial charge in [-0.05, 0) is 30.7 Å². The van der Waals surface area contributed by atoms with Gasteiger partial charge in [0.2, 0.25) is 0 Å². The second-order valence-electron chi connectivity index (χ2n) is 2.37. The van der Waals surface area contributed by atoms with Gasteiger partial charge >= 0.3 is 0 Å². The molecule has 1 radical (unpaired) electrons. The Bertz CT molecular complexity index is 218. The summed E-state index contributed by atoms with van der Waals surface area (Å²) in [5.74, 6) is 3.10. The van der Waals surface area contributed by atoms with Crippen LogP contribution in [0.15, 0.2) is 29.2 Å². The van der Waals surface area contributed by atoms with E-state index in [1.54, 1.807) is 18.9 Å². The van der Waals surface area contributed by atoms with Crippen molar-refractivity contribution in [2.24, 2.45) is 0 Å². The largest absolute Gasteiger partial charge is 0.497 e. The first-order chi connectivity index (χ1) is 5.86. The van der Waals surface area contributed by atoms with E-state index in [0.29, 0.717) is 0 Å². The van der Waals surface area contributed by atoms with Crippen molar-refractivity contribution in [3.63, 3.8) is 0 Å². The molecule has 0 spiro atoms. The van der Waals surface area contributed by atoms with E-state index in [4.69, 9.17) is 4.74 Å². The Labute approximate surface area is 78.1 Å². The van der Waals surface area contributed by atoms with Crippen LogP contribution in [0.3, 0.4) is 0 Å². The molecule has 1 aromatic rings. The molecule has 0 atom stereocenters. The maximum absolute atomic E-state index is 5.05. The van der Waals surface area contributed by atoms with Gasteiger partial charge in [-0.1, -0.05) is 6.92 Å². The summed E-state index contributed by atoms with van der Waals surface area (Å²) in [4.78, 5) is 1.26. The van der Waals surface area contributed by atoms with E-state index in [1.807, 2.05) is 12.1 Å². The maximum atomic E-state index is 5.05. The van der Waals surface area contributed by atoms with Crippen molar-refractivity contribution in [3.05, 3.63) is 30.0 Å². The minimum absolute atomic E-state index is 0.913. The van der Waals surface area contributed by atoms with Gasteiger partial charge in [-0.3, -0.25) is 0 Å². The summed E-state index contributed by atoms with van der Waals surface area (Å²) in [6.45, 7) is 2.14. The third kappa shape index (κ3) is 2.78.